The molecule has 0 spiro atoms. The molecule has 0 aliphatic rings. The molecular formula is C17H22N2O3. The van der Waals surface area contributed by atoms with E-state index < -0.39 is 12.1 Å². The van der Waals surface area contributed by atoms with Crippen molar-refractivity contribution in [3.8, 4) is 0 Å². The highest BCUT2D eigenvalue weighted by Crippen LogP contribution is 2.21. The van der Waals surface area contributed by atoms with Crippen LogP contribution in [0, 0.1) is 0 Å². The van der Waals surface area contributed by atoms with E-state index in [1.807, 2.05) is 56.7 Å². The summed E-state index contributed by atoms with van der Waals surface area (Å²) in [6, 6.07) is 7.58. The van der Waals surface area contributed by atoms with Gasteiger partial charge in [0, 0.05) is 29.7 Å². The number of aromatic nitrogens is 1. The second-order valence-electron chi connectivity index (χ2n) is 6.46. The Morgan fingerprint density at radius 2 is 1.86 bits per heavy atom. The zero-order valence-corrected chi connectivity index (χ0v) is 13.6. The van der Waals surface area contributed by atoms with Crippen molar-refractivity contribution in [3.63, 3.8) is 0 Å². The van der Waals surface area contributed by atoms with Crippen LogP contribution in [0.4, 0.5) is 0 Å². The van der Waals surface area contributed by atoms with Crippen LogP contribution in [0.15, 0.2) is 30.5 Å². The molecule has 22 heavy (non-hydrogen) atoms. The van der Waals surface area contributed by atoms with Crippen LogP contribution in [-0.4, -0.2) is 28.1 Å². The first-order chi connectivity index (χ1) is 10.2. The molecule has 0 bridgehead atoms. The lowest BCUT2D eigenvalue weighted by Gasteiger charge is -2.23. The quantitative estimate of drug-likeness (QED) is 0.887. The molecule has 0 aliphatic heterocycles. The number of benzene rings is 1. The minimum Gasteiger partial charge on any atom is -0.449 e. The number of esters is 1. The number of hydrogen-bond acceptors (Lipinski definition) is 3. The number of fused-ring (bicyclic) bond motifs is 1. The molecule has 0 fully saturated rings. The summed E-state index contributed by atoms with van der Waals surface area (Å²) >= 11 is 0. The summed E-state index contributed by atoms with van der Waals surface area (Å²) < 4.78 is 7.17. The fraction of sp³-hybridized carbons (Fsp3) is 0.412. The highest BCUT2D eigenvalue weighted by atomic mass is 16.5. The molecule has 1 atom stereocenters. The number of amides is 1. The molecule has 0 saturated heterocycles. The summed E-state index contributed by atoms with van der Waals surface area (Å²) in [4.78, 5) is 24.3. The summed E-state index contributed by atoms with van der Waals surface area (Å²) in [6.07, 6.45) is 0.882. The average Bonchev–Trinajstić information content (AvgIpc) is 2.75. The molecule has 0 aliphatic carbocycles. The Morgan fingerprint density at radius 3 is 2.50 bits per heavy atom. The molecule has 118 valence electrons. The lowest BCUT2D eigenvalue weighted by Crippen LogP contribution is -2.46. The minimum atomic E-state index is -0.842. The zero-order valence-electron chi connectivity index (χ0n) is 13.6. The third kappa shape index (κ3) is 3.47. The first-order valence-electron chi connectivity index (χ1n) is 7.26. The Morgan fingerprint density at radius 1 is 1.23 bits per heavy atom. The van der Waals surface area contributed by atoms with Crippen molar-refractivity contribution < 1.29 is 14.3 Å². The van der Waals surface area contributed by atoms with E-state index in [9.17, 15) is 9.59 Å². The molecular weight excluding hydrogens is 280 g/mol. The maximum absolute atomic E-state index is 12.3. The number of aryl methyl sites for hydroxylation is 1. The summed E-state index contributed by atoms with van der Waals surface area (Å²) in [6.45, 7) is 7.21. The van der Waals surface area contributed by atoms with Crippen LogP contribution in [0.25, 0.3) is 10.9 Å². The van der Waals surface area contributed by atoms with Gasteiger partial charge in [0.25, 0.3) is 5.91 Å². The van der Waals surface area contributed by atoms with E-state index in [0.717, 1.165) is 10.9 Å². The minimum absolute atomic E-state index is 0.305. The Hall–Kier alpha value is -2.30. The molecule has 5 nitrogen and oxygen atoms in total. The average molecular weight is 302 g/mol. The maximum Gasteiger partial charge on any atom is 0.341 e. The number of nitrogens with zero attached hydrogens (tertiary/aromatic N) is 1. The molecule has 0 radical (unpaired) electrons. The van der Waals surface area contributed by atoms with E-state index >= 15 is 0 Å². The van der Waals surface area contributed by atoms with Gasteiger partial charge in [0.1, 0.15) is 0 Å². The van der Waals surface area contributed by atoms with Crippen LogP contribution >= 0.6 is 0 Å². The van der Waals surface area contributed by atoms with E-state index in [1.54, 1.807) is 13.1 Å². The second kappa shape index (κ2) is 5.83. The van der Waals surface area contributed by atoms with Gasteiger partial charge in [0.05, 0.1) is 5.56 Å². The highest BCUT2D eigenvalue weighted by Gasteiger charge is 2.24. The van der Waals surface area contributed by atoms with Crippen LogP contribution in [0.5, 0.6) is 0 Å². The van der Waals surface area contributed by atoms with E-state index in [0.29, 0.717) is 5.56 Å². The van der Waals surface area contributed by atoms with Gasteiger partial charge in [-0.05, 0) is 33.8 Å². The summed E-state index contributed by atoms with van der Waals surface area (Å²) in [5.74, 6) is -0.797. The SMILES string of the molecule is CC(OC(=O)c1cn(C)c2ccccc12)C(=O)NC(C)(C)C. The lowest BCUT2D eigenvalue weighted by atomic mass is 10.1. The molecule has 2 aromatic rings. The third-order valence-electron chi connectivity index (χ3n) is 3.27. The molecule has 5 heteroatoms. The molecule has 1 amide bonds. The number of nitrogens with one attached hydrogen (secondary N) is 1. The monoisotopic (exact) mass is 302 g/mol. The topological polar surface area (TPSA) is 60.3 Å². The van der Waals surface area contributed by atoms with Gasteiger partial charge in [-0.2, -0.15) is 0 Å². The summed E-state index contributed by atoms with van der Waals surface area (Å²) in [5, 5.41) is 3.61. The molecule has 1 unspecified atom stereocenters. The number of rotatable bonds is 3. The van der Waals surface area contributed by atoms with Gasteiger partial charge in [0.15, 0.2) is 6.10 Å². The lowest BCUT2D eigenvalue weighted by molar-refractivity contribution is -0.130. The number of para-hydroxylation sites is 1. The van der Waals surface area contributed by atoms with Gasteiger partial charge in [-0.1, -0.05) is 18.2 Å². The Bertz CT molecular complexity index is 710. The molecule has 1 aromatic heterocycles. The van der Waals surface area contributed by atoms with Crippen molar-refractivity contribution in [3.05, 3.63) is 36.0 Å². The second-order valence-corrected chi connectivity index (χ2v) is 6.46. The summed E-state index contributed by atoms with van der Waals surface area (Å²) in [7, 11) is 1.87. The van der Waals surface area contributed by atoms with Crippen molar-refractivity contribution >= 4 is 22.8 Å². The van der Waals surface area contributed by atoms with Gasteiger partial charge < -0.3 is 14.6 Å². The van der Waals surface area contributed by atoms with Gasteiger partial charge in [-0.25, -0.2) is 4.79 Å². The predicted octanol–water partition coefficient (Wildman–Crippen LogP) is 2.64. The summed E-state index contributed by atoms with van der Waals surface area (Å²) in [5.41, 5.74) is 1.05. The van der Waals surface area contributed by atoms with E-state index in [4.69, 9.17) is 4.74 Å². The maximum atomic E-state index is 12.3. The van der Waals surface area contributed by atoms with Crippen LogP contribution in [0.2, 0.25) is 0 Å². The molecule has 0 saturated carbocycles. The van der Waals surface area contributed by atoms with Crippen LogP contribution in [-0.2, 0) is 16.6 Å². The van der Waals surface area contributed by atoms with Crippen LogP contribution in [0.3, 0.4) is 0 Å². The Labute approximate surface area is 130 Å². The number of hydrogen-bond donors (Lipinski definition) is 1. The van der Waals surface area contributed by atoms with E-state index in [-0.39, 0.29) is 11.4 Å². The number of carbonyl (C=O) groups is 2. The van der Waals surface area contributed by atoms with Gasteiger partial charge in [0.2, 0.25) is 0 Å². The number of carbonyl (C=O) groups excluding carboxylic acids is 2. The van der Waals surface area contributed by atoms with Crippen molar-refractivity contribution in [1.82, 2.24) is 9.88 Å². The predicted molar refractivity (Wildman–Crippen MR) is 85.7 cm³/mol. The van der Waals surface area contributed by atoms with E-state index in [2.05, 4.69) is 5.32 Å². The van der Waals surface area contributed by atoms with Gasteiger partial charge >= 0.3 is 5.97 Å². The normalized spacial score (nSPS) is 13.0. The third-order valence-corrected chi connectivity index (χ3v) is 3.27. The zero-order chi connectivity index (χ0) is 16.5. The van der Waals surface area contributed by atoms with Crippen LogP contribution < -0.4 is 5.32 Å². The molecule has 2 rings (SSSR count). The first kappa shape index (κ1) is 16.1. The van der Waals surface area contributed by atoms with Crippen molar-refractivity contribution in [1.29, 1.82) is 0 Å². The van der Waals surface area contributed by atoms with Crippen molar-refractivity contribution in [2.75, 3.05) is 0 Å². The fourth-order valence-corrected chi connectivity index (χ4v) is 2.25. The standard InChI is InChI=1S/C17H22N2O3/c1-11(15(20)18-17(2,3)4)22-16(21)13-10-19(5)14-9-7-6-8-12(13)14/h6-11H,1-5H3,(H,18,20). The molecule has 1 heterocycles. The van der Waals surface area contributed by atoms with Crippen LogP contribution in [0.1, 0.15) is 38.1 Å². The van der Waals surface area contributed by atoms with E-state index in [1.165, 1.54) is 0 Å². The fourth-order valence-electron chi connectivity index (χ4n) is 2.25. The Kier molecular flexibility index (Phi) is 4.26. The number of ether oxygens (including phenoxy) is 1. The largest absolute Gasteiger partial charge is 0.449 e. The first-order valence-corrected chi connectivity index (χ1v) is 7.26. The van der Waals surface area contributed by atoms with Gasteiger partial charge in [-0.3, -0.25) is 4.79 Å². The molecule has 1 aromatic carbocycles. The Balaban J connectivity index is 2.16. The molecule has 1 N–H and O–H groups in total. The smallest absolute Gasteiger partial charge is 0.341 e. The van der Waals surface area contributed by atoms with Crippen molar-refractivity contribution in [2.45, 2.75) is 39.3 Å². The highest BCUT2D eigenvalue weighted by molar-refractivity contribution is 6.05. The van der Waals surface area contributed by atoms with Gasteiger partial charge in [-0.15, -0.1) is 0 Å². The van der Waals surface area contributed by atoms with Crippen molar-refractivity contribution in [2.24, 2.45) is 7.05 Å².